The third-order valence-electron chi connectivity index (χ3n) is 8.52. The summed E-state index contributed by atoms with van der Waals surface area (Å²) in [7, 11) is -3.69. The van der Waals surface area contributed by atoms with Crippen molar-refractivity contribution in [2.75, 3.05) is 23.7 Å². The first-order chi connectivity index (χ1) is 21.5. The van der Waals surface area contributed by atoms with Crippen LogP contribution in [0.1, 0.15) is 50.1 Å². The summed E-state index contributed by atoms with van der Waals surface area (Å²) in [5.41, 5.74) is 6.64. The summed E-state index contributed by atoms with van der Waals surface area (Å²) < 4.78 is 72.6. The van der Waals surface area contributed by atoms with E-state index >= 15 is 0 Å². The molecular weight excluding hydrogens is 609 g/mol. The Morgan fingerprint density at radius 2 is 1.69 bits per heavy atom. The monoisotopic (exact) mass is 642 g/mol. The SMILES string of the molecule is Cc1ccc(S(=O)(=O)N2CCCC(Nc3ncc4nc(Nc5c(F)cc(F)cc5F)n(C5CCC(C(N)=O)CC5)c4n3)C2)cc1. The summed E-state index contributed by atoms with van der Waals surface area (Å²) in [6.07, 6.45) is 4.89. The van der Waals surface area contributed by atoms with Crippen LogP contribution in [0.2, 0.25) is 0 Å². The molecule has 0 bridgehead atoms. The number of benzene rings is 2. The number of amides is 1. The molecule has 1 aliphatic heterocycles. The Morgan fingerprint density at radius 1 is 1.00 bits per heavy atom. The highest BCUT2D eigenvalue weighted by molar-refractivity contribution is 7.89. The first kappa shape index (κ1) is 30.8. The van der Waals surface area contributed by atoms with Crippen LogP contribution in [0.4, 0.5) is 30.8 Å². The molecule has 2 aromatic carbocycles. The number of anilines is 3. The third-order valence-corrected chi connectivity index (χ3v) is 10.4. The molecule has 4 N–H and O–H groups in total. The minimum absolute atomic E-state index is 0.0800. The smallest absolute Gasteiger partial charge is 0.243 e. The van der Waals surface area contributed by atoms with Crippen LogP contribution in [0.5, 0.6) is 0 Å². The maximum atomic E-state index is 14.6. The molecule has 1 unspecified atom stereocenters. The van der Waals surface area contributed by atoms with Gasteiger partial charge in [-0.15, -0.1) is 0 Å². The first-order valence-corrected chi connectivity index (χ1v) is 16.2. The Labute approximate surface area is 258 Å². The highest BCUT2D eigenvalue weighted by Gasteiger charge is 2.32. The molecule has 238 valence electrons. The van der Waals surface area contributed by atoms with Crippen LogP contribution in [0.15, 0.2) is 47.5 Å². The lowest BCUT2D eigenvalue weighted by Crippen LogP contribution is -2.45. The zero-order chi connectivity index (χ0) is 31.9. The van der Waals surface area contributed by atoms with Gasteiger partial charge in [0.1, 0.15) is 17.0 Å². The summed E-state index contributed by atoms with van der Waals surface area (Å²) in [6, 6.07) is 7.36. The average molecular weight is 643 g/mol. The average Bonchev–Trinajstić information content (AvgIpc) is 3.36. The predicted octanol–water partition coefficient (Wildman–Crippen LogP) is 4.78. The van der Waals surface area contributed by atoms with E-state index in [0.29, 0.717) is 68.4 Å². The van der Waals surface area contributed by atoms with Crippen molar-refractivity contribution in [1.29, 1.82) is 0 Å². The van der Waals surface area contributed by atoms with Crippen LogP contribution in [-0.4, -0.2) is 57.3 Å². The third kappa shape index (κ3) is 6.31. The van der Waals surface area contributed by atoms with Gasteiger partial charge in [-0.05, 0) is 57.6 Å². The molecule has 2 aliphatic rings. The van der Waals surface area contributed by atoms with Crippen LogP contribution in [0, 0.1) is 30.3 Å². The number of sulfonamides is 1. The van der Waals surface area contributed by atoms with Crippen LogP contribution in [-0.2, 0) is 14.8 Å². The number of piperidine rings is 1. The van der Waals surface area contributed by atoms with Gasteiger partial charge in [-0.1, -0.05) is 17.7 Å². The van der Waals surface area contributed by atoms with Crippen molar-refractivity contribution in [3.8, 4) is 0 Å². The summed E-state index contributed by atoms with van der Waals surface area (Å²) in [4.78, 5) is 25.6. The Bertz CT molecular complexity index is 1820. The molecule has 0 radical (unpaired) electrons. The highest BCUT2D eigenvalue weighted by Crippen LogP contribution is 2.37. The summed E-state index contributed by atoms with van der Waals surface area (Å²) in [5, 5.41) is 5.94. The zero-order valence-corrected chi connectivity index (χ0v) is 25.3. The van der Waals surface area contributed by atoms with E-state index in [1.165, 1.54) is 10.5 Å². The van der Waals surface area contributed by atoms with Gasteiger partial charge in [0.2, 0.25) is 27.8 Å². The van der Waals surface area contributed by atoms with Gasteiger partial charge in [-0.2, -0.15) is 9.29 Å². The molecule has 1 saturated heterocycles. The normalized spacial score (nSPS) is 21.1. The fourth-order valence-electron chi connectivity index (χ4n) is 6.11. The number of hydrogen-bond donors (Lipinski definition) is 3. The summed E-state index contributed by atoms with van der Waals surface area (Å²) in [6.45, 7) is 2.50. The Hall–Kier alpha value is -4.24. The molecule has 2 aromatic heterocycles. The quantitative estimate of drug-likeness (QED) is 0.249. The van der Waals surface area contributed by atoms with Gasteiger partial charge in [0.05, 0.1) is 11.1 Å². The lowest BCUT2D eigenvalue weighted by atomic mass is 9.85. The topological polar surface area (TPSA) is 148 Å². The number of imidazole rings is 1. The van der Waals surface area contributed by atoms with E-state index in [9.17, 15) is 26.4 Å². The van der Waals surface area contributed by atoms with Crippen molar-refractivity contribution >= 4 is 44.7 Å². The molecule has 1 aliphatic carbocycles. The van der Waals surface area contributed by atoms with Crippen LogP contribution >= 0.6 is 0 Å². The molecule has 1 atom stereocenters. The fourth-order valence-corrected chi connectivity index (χ4v) is 7.63. The number of nitrogens with one attached hydrogen (secondary N) is 2. The van der Waals surface area contributed by atoms with Gasteiger partial charge in [0, 0.05) is 43.2 Å². The summed E-state index contributed by atoms with van der Waals surface area (Å²) >= 11 is 0. The molecule has 15 heteroatoms. The van der Waals surface area contributed by atoms with Crippen molar-refractivity contribution in [1.82, 2.24) is 23.8 Å². The number of hydrogen-bond acceptors (Lipinski definition) is 8. The standard InChI is InChI=1S/C30H33F3N8O3S/c1-17-4-10-22(11-5-17)45(43,44)40-12-2-3-20(16-40)36-29-35-15-25-28(39-29)41(21-8-6-18(7-9-21)27(34)42)30(37-25)38-26-23(32)13-19(31)14-24(26)33/h4-5,10-11,13-15,18,20-21H,2-3,6-9,12,16H2,1H3,(H2,34,42)(H,37,38)(H,35,36,39). The van der Waals surface area contributed by atoms with Gasteiger partial charge in [0.25, 0.3) is 0 Å². The van der Waals surface area contributed by atoms with Gasteiger partial charge in [0.15, 0.2) is 17.3 Å². The number of fused-ring (bicyclic) bond motifs is 1. The second kappa shape index (κ2) is 12.3. The molecule has 45 heavy (non-hydrogen) atoms. The van der Waals surface area contributed by atoms with Crippen molar-refractivity contribution in [2.24, 2.45) is 11.7 Å². The number of nitrogens with zero attached hydrogens (tertiary/aromatic N) is 5. The maximum absolute atomic E-state index is 14.6. The fraction of sp³-hybridized carbons (Fsp3) is 0.400. The Kier molecular flexibility index (Phi) is 8.39. The Morgan fingerprint density at radius 3 is 2.36 bits per heavy atom. The molecule has 1 saturated carbocycles. The van der Waals surface area contributed by atoms with Crippen molar-refractivity contribution in [3.63, 3.8) is 0 Å². The Balaban J connectivity index is 1.30. The van der Waals surface area contributed by atoms with Gasteiger partial charge in [-0.3, -0.25) is 9.36 Å². The zero-order valence-electron chi connectivity index (χ0n) is 24.5. The number of aryl methyl sites for hydroxylation is 1. The first-order valence-electron chi connectivity index (χ1n) is 14.8. The minimum atomic E-state index is -3.69. The van der Waals surface area contributed by atoms with E-state index in [2.05, 4.69) is 20.6 Å². The van der Waals surface area contributed by atoms with Crippen molar-refractivity contribution < 1.29 is 26.4 Å². The highest BCUT2D eigenvalue weighted by atomic mass is 32.2. The van der Waals surface area contributed by atoms with E-state index < -0.39 is 33.2 Å². The van der Waals surface area contributed by atoms with Crippen LogP contribution in [0.25, 0.3) is 11.2 Å². The van der Waals surface area contributed by atoms with Crippen LogP contribution in [0.3, 0.4) is 0 Å². The molecule has 0 spiro atoms. The predicted molar refractivity (Wildman–Crippen MR) is 162 cm³/mol. The summed E-state index contributed by atoms with van der Waals surface area (Å²) in [5.74, 6) is -3.65. The van der Waals surface area contributed by atoms with Gasteiger partial charge < -0.3 is 16.4 Å². The van der Waals surface area contributed by atoms with E-state index in [1.54, 1.807) is 28.8 Å². The van der Waals surface area contributed by atoms with Gasteiger partial charge >= 0.3 is 0 Å². The largest absolute Gasteiger partial charge is 0.369 e. The lowest BCUT2D eigenvalue weighted by Gasteiger charge is -2.32. The number of aromatic nitrogens is 4. The molecule has 1 amide bonds. The van der Waals surface area contributed by atoms with Crippen molar-refractivity contribution in [2.45, 2.75) is 62.4 Å². The van der Waals surface area contributed by atoms with Gasteiger partial charge in [-0.25, -0.2) is 31.6 Å². The van der Waals surface area contributed by atoms with E-state index in [0.717, 1.165) is 5.56 Å². The molecule has 2 fully saturated rings. The van der Waals surface area contributed by atoms with E-state index in [-0.39, 0.29) is 47.2 Å². The number of nitrogens with two attached hydrogens (primary N) is 1. The molecule has 11 nitrogen and oxygen atoms in total. The second-order valence-corrected chi connectivity index (χ2v) is 13.6. The number of primary amides is 1. The molecule has 3 heterocycles. The molecular formula is C30H33F3N8O3S. The molecule has 4 aromatic rings. The lowest BCUT2D eigenvalue weighted by molar-refractivity contribution is -0.122. The number of carbonyl (C=O) groups excluding carboxylic acids is 1. The van der Waals surface area contributed by atoms with E-state index in [1.807, 2.05) is 6.92 Å². The second-order valence-electron chi connectivity index (χ2n) is 11.6. The van der Waals surface area contributed by atoms with E-state index in [4.69, 9.17) is 10.7 Å². The number of carbonyl (C=O) groups is 1. The van der Waals surface area contributed by atoms with Crippen LogP contribution < -0.4 is 16.4 Å². The minimum Gasteiger partial charge on any atom is -0.369 e. The number of rotatable bonds is 8. The van der Waals surface area contributed by atoms with Crippen molar-refractivity contribution in [3.05, 3.63) is 65.6 Å². The number of halogens is 3. The maximum Gasteiger partial charge on any atom is 0.243 e. The molecule has 6 rings (SSSR count).